The van der Waals surface area contributed by atoms with Gasteiger partial charge in [0.1, 0.15) is 6.61 Å². The van der Waals surface area contributed by atoms with Gasteiger partial charge >= 0.3 is 6.09 Å². The summed E-state index contributed by atoms with van der Waals surface area (Å²) in [4.78, 5) is 12.1. The van der Waals surface area contributed by atoms with E-state index >= 15 is 0 Å². The molecule has 0 aliphatic rings. The Morgan fingerprint density at radius 1 is 0.889 bits per heavy atom. The lowest BCUT2D eigenvalue weighted by Crippen LogP contribution is -2.23. The molecule has 3 rings (SSSR count). The molecule has 0 unspecified atom stereocenters. The monoisotopic (exact) mass is 505 g/mol. The summed E-state index contributed by atoms with van der Waals surface area (Å²) < 4.78 is 34.7. The standard InChI is InChI=1S/C29H31NO5S/c1-24-16-18-28(19-17-24)36(32,33)35-20-9-4-2-3-6-11-25-14-10-15-27(21-25)22-30-29(31)34-23-26-12-7-5-8-13-26/h5,7-8,10,12-19,21H,2-4,9,20,22-23H2,1H3,(H,30,31). The van der Waals surface area contributed by atoms with Crippen molar-refractivity contribution >= 4 is 16.2 Å². The van der Waals surface area contributed by atoms with Crippen molar-refractivity contribution in [1.29, 1.82) is 0 Å². The lowest BCUT2D eigenvalue weighted by Gasteiger charge is -2.07. The van der Waals surface area contributed by atoms with Crippen LogP contribution in [0.4, 0.5) is 4.79 Å². The van der Waals surface area contributed by atoms with Gasteiger partial charge in [0.05, 0.1) is 11.5 Å². The molecule has 188 valence electrons. The molecule has 0 heterocycles. The maximum Gasteiger partial charge on any atom is 0.407 e. The van der Waals surface area contributed by atoms with Gasteiger partial charge in [-0.05, 0) is 55.2 Å². The predicted octanol–water partition coefficient (Wildman–Crippen LogP) is 5.74. The van der Waals surface area contributed by atoms with Gasteiger partial charge in [0.15, 0.2) is 0 Å². The first-order chi connectivity index (χ1) is 17.4. The fourth-order valence-electron chi connectivity index (χ4n) is 3.31. The fourth-order valence-corrected chi connectivity index (χ4v) is 4.25. The minimum absolute atomic E-state index is 0.159. The third-order valence-electron chi connectivity index (χ3n) is 5.30. The summed E-state index contributed by atoms with van der Waals surface area (Å²) in [5.74, 6) is 6.29. The number of hydrogen-bond acceptors (Lipinski definition) is 5. The van der Waals surface area contributed by atoms with Crippen molar-refractivity contribution in [2.45, 2.75) is 50.7 Å². The topological polar surface area (TPSA) is 81.7 Å². The van der Waals surface area contributed by atoms with E-state index in [-0.39, 0.29) is 18.1 Å². The van der Waals surface area contributed by atoms with Crippen LogP contribution < -0.4 is 5.32 Å². The van der Waals surface area contributed by atoms with Crippen LogP contribution in [0.2, 0.25) is 0 Å². The number of aryl methyl sites for hydroxylation is 1. The Kier molecular flexibility index (Phi) is 10.6. The number of unbranched alkanes of at least 4 members (excludes halogenated alkanes) is 3. The van der Waals surface area contributed by atoms with Crippen LogP contribution in [0.1, 0.15) is 47.9 Å². The van der Waals surface area contributed by atoms with Crippen molar-refractivity contribution in [1.82, 2.24) is 5.32 Å². The van der Waals surface area contributed by atoms with Crippen molar-refractivity contribution in [2.75, 3.05) is 6.61 Å². The van der Waals surface area contributed by atoms with Crippen LogP contribution in [0, 0.1) is 18.8 Å². The van der Waals surface area contributed by atoms with E-state index in [2.05, 4.69) is 17.2 Å². The molecule has 0 atom stereocenters. The molecule has 1 amide bonds. The van der Waals surface area contributed by atoms with Crippen LogP contribution in [0.15, 0.2) is 83.8 Å². The molecule has 0 saturated carbocycles. The number of hydrogen-bond donors (Lipinski definition) is 1. The van der Waals surface area contributed by atoms with Crippen molar-refractivity contribution in [3.63, 3.8) is 0 Å². The zero-order chi connectivity index (χ0) is 25.6. The van der Waals surface area contributed by atoms with Gasteiger partial charge in [-0.1, -0.05) is 78.4 Å². The number of carbonyl (C=O) groups excluding carboxylic acids is 1. The van der Waals surface area contributed by atoms with E-state index in [9.17, 15) is 13.2 Å². The summed E-state index contributed by atoms with van der Waals surface area (Å²) in [6, 6.07) is 23.8. The average molecular weight is 506 g/mol. The lowest BCUT2D eigenvalue weighted by molar-refractivity contribution is 0.139. The van der Waals surface area contributed by atoms with Crippen LogP contribution >= 0.6 is 0 Å². The van der Waals surface area contributed by atoms with E-state index in [4.69, 9.17) is 8.92 Å². The quantitative estimate of drug-likeness (QED) is 0.204. The Hall–Kier alpha value is -3.60. The molecule has 0 spiro atoms. The Bertz CT molecular complexity index is 1280. The normalized spacial score (nSPS) is 10.8. The van der Waals surface area contributed by atoms with Crippen molar-refractivity contribution in [3.05, 3.63) is 101 Å². The summed E-state index contributed by atoms with van der Waals surface area (Å²) >= 11 is 0. The molecule has 36 heavy (non-hydrogen) atoms. The number of benzene rings is 3. The van der Waals surface area contributed by atoms with E-state index < -0.39 is 16.2 Å². The van der Waals surface area contributed by atoms with Crippen molar-refractivity contribution in [3.8, 4) is 11.8 Å². The minimum atomic E-state index is -3.70. The molecule has 7 heteroatoms. The summed E-state index contributed by atoms with van der Waals surface area (Å²) in [6.07, 6.45) is 2.57. The molecule has 0 aromatic heterocycles. The van der Waals surface area contributed by atoms with Gasteiger partial charge in [-0.15, -0.1) is 0 Å². The molecule has 0 bridgehead atoms. The highest BCUT2D eigenvalue weighted by atomic mass is 32.2. The minimum Gasteiger partial charge on any atom is -0.445 e. The second-order valence-corrected chi connectivity index (χ2v) is 9.93. The molecular weight excluding hydrogens is 474 g/mol. The Balaban J connectivity index is 1.32. The Labute approximate surface area is 213 Å². The first-order valence-electron chi connectivity index (χ1n) is 11.9. The van der Waals surface area contributed by atoms with Crippen LogP contribution in [0.25, 0.3) is 0 Å². The summed E-state index contributed by atoms with van der Waals surface area (Å²) in [5.41, 5.74) is 3.74. The third kappa shape index (κ3) is 9.57. The molecule has 3 aromatic carbocycles. The highest BCUT2D eigenvalue weighted by Crippen LogP contribution is 2.14. The SMILES string of the molecule is Cc1ccc(S(=O)(=O)OCCCCCC#Cc2cccc(CNC(=O)OCc3ccccc3)c2)cc1. The molecule has 6 nitrogen and oxygen atoms in total. The largest absolute Gasteiger partial charge is 0.445 e. The van der Waals surface area contributed by atoms with E-state index in [0.29, 0.717) is 19.4 Å². The summed E-state index contributed by atoms with van der Waals surface area (Å²) in [6.45, 7) is 2.65. The zero-order valence-corrected chi connectivity index (χ0v) is 21.2. The fraction of sp³-hybridized carbons (Fsp3) is 0.276. The predicted molar refractivity (Wildman–Crippen MR) is 140 cm³/mol. The maximum absolute atomic E-state index is 12.2. The number of amides is 1. The molecular formula is C29H31NO5S. The number of nitrogens with one attached hydrogen (secondary N) is 1. The van der Waals surface area contributed by atoms with E-state index in [1.54, 1.807) is 24.3 Å². The molecule has 1 N–H and O–H groups in total. The molecule has 0 aliphatic heterocycles. The van der Waals surface area contributed by atoms with Crippen molar-refractivity contribution in [2.24, 2.45) is 0 Å². The van der Waals surface area contributed by atoms with Crippen LogP contribution in [0.3, 0.4) is 0 Å². The average Bonchev–Trinajstić information content (AvgIpc) is 2.89. The van der Waals surface area contributed by atoms with E-state index in [1.165, 1.54) is 0 Å². The molecule has 3 aromatic rings. The van der Waals surface area contributed by atoms with Crippen LogP contribution in [-0.4, -0.2) is 21.1 Å². The molecule has 0 fully saturated rings. The first-order valence-corrected chi connectivity index (χ1v) is 13.3. The maximum atomic E-state index is 12.2. The Morgan fingerprint density at radius 2 is 1.64 bits per heavy atom. The smallest absolute Gasteiger partial charge is 0.407 e. The van der Waals surface area contributed by atoms with Gasteiger partial charge < -0.3 is 10.1 Å². The van der Waals surface area contributed by atoms with Gasteiger partial charge in [0.25, 0.3) is 10.1 Å². The third-order valence-corrected chi connectivity index (χ3v) is 6.63. The van der Waals surface area contributed by atoms with Gasteiger partial charge in [-0.2, -0.15) is 8.42 Å². The van der Waals surface area contributed by atoms with E-state index in [0.717, 1.165) is 35.1 Å². The lowest BCUT2D eigenvalue weighted by atomic mass is 10.1. The highest BCUT2D eigenvalue weighted by Gasteiger charge is 2.14. The van der Waals surface area contributed by atoms with Gasteiger partial charge in [0, 0.05) is 18.5 Å². The number of rotatable bonds is 11. The number of alkyl carbamates (subject to hydrolysis) is 1. The number of carbonyl (C=O) groups is 1. The van der Waals surface area contributed by atoms with Gasteiger partial charge in [0.2, 0.25) is 0 Å². The van der Waals surface area contributed by atoms with Gasteiger partial charge in [-0.25, -0.2) is 4.79 Å². The van der Waals surface area contributed by atoms with E-state index in [1.807, 2.05) is 61.5 Å². The molecule has 0 aliphatic carbocycles. The first kappa shape index (κ1) is 27.0. The second-order valence-electron chi connectivity index (χ2n) is 8.32. The second kappa shape index (κ2) is 14.1. The van der Waals surface area contributed by atoms with Gasteiger partial charge in [-0.3, -0.25) is 4.18 Å². The zero-order valence-electron chi connectivity index (χ0n) is 20.4. The summed E-state index contributed by atoms with van der Waals surface area (Å²) in [7, 11) is -3.70. The van der Waals surface area contributed by atoms with Crippen LogP contribution in [0.5, 0.6) is 0 Å². The van der Waals surface area contributed by atoms with Crippen molar-refractivity contribution < 1.29 is 22.1 Å². The van der Waals surface area contributed by atoms with Crippen LogP contribution in [-0.2, 0) is 32.2 Å². The summed E-state index contributed by atoms with van der Waals surface area (Å²) in [5, 5.41) is 2.75. The molecule has 0 saturated heterocycles. The number of ether oxygens (including phenoxy) is 1. The highest BCUT2D eigenvalue weighted by molar-refractivity contribution is 7.86. The Morgan fingerprint density at radius 3 is 2.42 bits per heavy atom. The molecule has 0 radical (unpaired) electrons.